The Morgan fingerprint density at radius 1 is 1.60 bits per heavy atom. The monoisotopic (exact) mass is 211 g/mol. The Bertz CT molecular complexity index is 351. The van der Waals surface area contributed by atoms with Gasteiger partial charge in [0.05, 0.1) is 19.3 Å². The molecule has 0 fully saturated rings. The second kappa shape index (κ2) is 5.31. The van der Waals surface area contributed by atoms with E-state index < -0.39 is 5.97 Å². The highest BCUT2D eigenvalue weighted by atomic mass is 16.5. The lowest BCUT2D eigenvalue weighted by Crippen LogP contribution is -2.07. The fourth-order valence-corrected chi connectivity index (χ4v) is 1.09. The second-order valence-electron chi connectivity index (χ2n) is 2.91. The summed E-state index contributed by atoms with van der Waals surface area (Å²) in [4.78, 5) is 15.1. The molecule has 0 unspecified atom stereocenters. The van der Waals surface area contributed by atoms with E-state index in [1.165, 1.54) is 13.3 Å². The van der Waals surface area contributed by atoms with Crippen LogP contribution in [0.15, 0.2) is 12.3 Å². The summed E-state index contributed by atoms with van der Waals surface area (Å²) >= 11 is 0. The van der Waals surface area contributed by atoms with Gasteiger partial charge in [0.1, 0.15) is 6.61 Å². The summed E-state index contributed by atoms with van der Waals surface area (Å²) in [7, 11) is 1.31. The van der Waals surface area contributed by atoms with Crippen molar-refractivity contribution in [2.24, 2.45) is 0 Å². The summed E-state index contributed by atoms with van der Waals surface area (Å²) < 4.78 is 9.69. The topological polar surface area (TPSA) is 68.7 Å². The number of rotatable bonds is 4. The maximum Gasteiger partial charge on any atom is 0.339 e. The zero-order valence-electron chi connectivity index (χ0n) is 8.69. The number of aromatic nitrogens is 1. The molecule has 0 aliphatic rings. The molecule has 15 heavy (non-hydrogen) atoms. The summed E-state index contributed by atoms with van der Waals surface area (Å²) in [6.07, 6.45) is 1.38. The van der Waals surface area contributed by atoms with Gasteiger partial charge in [-0.1, -0.05) is 0 Å². The summed E-state index contributed by atoms with van der Waals surface area (Å²) in [6, 6.07) is 1.63. The molecule has 82 valence electrons. The van der Waals surface area contributed by atoms with Crippen molar-refractivity contribution >= 4 is 5.97 Å². The van der Waals surface area contributed by atoms with E-state index in [-0.39, 0.29) is 13.2 Å². The maximum atomic E-state index is 11.1. The van der Waals surface area contributed by atoms with Gasteiger partial charge in [-0.2, -0.15) is 0 Å². The molecule has 0 aromatic carbocycles. The van der Waals surface area contributed by atoms with Gasteiger partial charge in [-0.25, -0.2) is 9.78 Å². The number of esters is 1. The average Bonchev–Trinajstić information content (AvgIpc) is 2.26. The van der Waals surface area contributed by atoms with E-state index >= 15 is 0 Å². The Hall–Kier alpha value is -1.62. The van der Waals surface area contributed by atoms with E-state index in [9.17, 15) is 4.79 Å². The van der Waals surface area contributed by atoms with Crippen molar-refractivity contribution in [2.75, 3.05) is 20.3 Å². The van der Waals surface area contributed by atoms with Gasteiger partial charge >= 0.3 is 5.97 Å². The van der Waals surface area contributed by atoms with Crippen LogP contribution in [0, 0.1) is 6.92 Å². The normalized spacial score (nSPS) is 9.80. The van der Waals surface area contributed by atoms with Crippen molar-refractivity contribution in [1.29, 1.82) is 0 Å². The molecular formula is C10H13NO4. The molecule has 0 aliphatic heterocycles. The molecule has 1 N–H and O–H groups in total. The second-order valence-corrected chi connectivity index (χ2v) is 2.91. The number of aliphatic hydroxyl groups is 1. The molecule has 1 rings (SSSR count). The first-order valence-corrected chi connectivity index (χ1v) is 4.47. The number of aryl methyl sites for hydroxylation is 1. The molecule has 0 radical (unpaired) electrons. The zero-order valence-corrected chi connectivity index (χ0v) is 8.69. The van der Waals surface area contributed by atoms with Gasteiger partial charge in [0.25, 0.3) is 0 Å². The number of methoxy groups -OCH3 is 1. The molecular weight excluding hydrogens is 198 g/mol. The standard InChI is InChI=1S/C10H13NO4/c1-7-5-8(10(13)14-2)6-11-9(7)15-4-3-12/h5-6,12H,3-4H2,1-2H3. The highest BCUT2D eigenvalue weighted by Gasteiger charge is 2.09. The van der Waals surface area contributed by atoms with Crippen LogP contribution in [-0.2, 0) is 4.74 Å². The van der Waals surface area contributed by atoms with E-state index in [0.717, 1.165) is 5.56 Å². The Balaban J connectivity index is 2.83. The van der Waals surface area contributed by atoms with Gasteiger partial charge in [-0.15, -0.1) is 0 Å². The van der Waals surface area contributed by atoms with Gasteiger partial charge in [-0.3, -0.25) is 0 Å². The van der Waals surface area contributed by atoms with Crippen LogP contribution >= 0.6 is 0 Å². The molecule has 1 heterocycles. The van der Waals surface area contributed by atoms with Crippen molar-refractivity contribution < 1.29 is 19.4 Å². The van der Waals surface area contributed by atoms with Gasteiger partial charge < -0.3 is 14.6 Å². The van der Waals surface area contributed by atoms with Crippen LogP contribution in [0.4, 0.5) is 0 Å². The van der Waals surface area contributed by atoms with Crippen molar-refractivity contribution in [1.82, 2.24) is 4.98 Å². The van der Waals surface area contributed by atoms with E-state index in [0.29, 0.717) is 11.4 Å². The summed E-state index contributed by atoms with van der Waals surface area (Å²) in [6.45, 7) is 1.89. The number of ether oxygens (including phenoxy) is 2. The fourth-order valence-electron chi connectivity index (χ4n) is 1.09. The van der Waals surface area contributed by atoms with Gasteiger partial charge in [0, 0.05) is 11.8 Å². The lowest BCUT2D eigenvalue weighted by atomic mass is 10.2. The van der Waals surface area contributed by atoms with Crippen LogP contribution in [-0.4, -0.2) is 36.4 Å². The van der Waals surface area contributed by atoms with Crippen molar-refractivity contribution in [3.05, 3.63) is 23.4 Å². The Labute approximate surface area is 87.7 Å². The fraction of sp³-hybridized carbons (Fsp3) is 0.400. The third kappa shape index (κ3) is 2.92. The minimum Gasteiger partial charge on any atom is -0.475 e. The molecule has 0 bridgehead atoms. The number of carbonyl (C=O) groups excluding carboxylic acids is 1. The molecule has 1 aromatic rings. The minimum atomic E-state index is -0.431. The molecule has 5 heteroatoms. The van der Waals surface area contributed by atoms with E-state index in [1.54, 1.807) is 13.0 Å². The van der Waals surface area contributed by atoms with Crippen LogP contribution < -0.4 is 4.74 Å². The zero-order chi connectivity index (χ0) is 11.3. The lowest BCUT2D eigenvalue weighted by Gasteiger charge is -2.07. The number of aliphatic hydroxyl groups excluding tert-OH is 1. The van der Waals surface area contributed by atoms with Crippen LogP contribution in [0.25, 0.3) is 0 Å². The molecule has 5 nitrogen and oxygen atoms in total. The minimum absolute atomic E-state index is 0.0696. The molecule has 0 spiro atoms. The highest BCUT2D eigenvalue weighted by molar-refractivity contribution is 5.89. The molecule has 0 aliphatic carbocycles. The summed E-state index contributed by atoms with van der Waals surface area (Å²) in [5.41, 5.74) is 1.11. The number of nitrogens with zero attached hydrogens (tertiary/aromatic N) is 1. The lowest BCUT2D eigenvalue weighted by molar-refractivity contribution is 0.0600. The molecule has 0 amide bonds. The maximum absolute atomic E-state index is 11.1. The quantitative estimate of drug-likeness (QED) is 0.736. The van der Waals surface area contributed by atoms with Gasteiger partial charge in [0.2, 0.25) is 5.88 Å². The Morgan fingerprint density at radius 3 is 2.87 bits per heavy atom. The molecule has 0 saturated carbocycles. The van der Waals surface area contributed by atoms with Gasteiger partial charge in [0.15, 0.2) is 0 Å². The van der Waals surface area contributed by atoms with E-state index in [1.807, 2.05) is 0 Å². The first kappa shape index (κ1) is 11.5. The van der Waals surface area contributed by atoms with Gasteiger partial charge in [-0.05, 0) is 13.0 Å². The first-order valence-electron chi connectivity index (χ1n) is 4.47. The van der Waals surface area contributed by atoms with Crippen LogP contribution in [0.2, 0.25) is 0 Å². The number of pyridine rings is 1. The van der Waals surface area contributed by atoms with Crippen LogP contribution in [0.3, 0.4) is 0 Å². The van der Waals surface area contributed by atoms with Crippen molar-refractivity contribution in [3.8, 4) is 5.88 Å². The smallest absolute Gasteiger partial charge is 0.339 e. The molecule has 1 aromatic heterocycles. The highest BCUT2D eigenvalue weighted by Crippen LogP contribution is 2.15. The number of hydrogen-bond acceptors (Lipinski definition) is 5. The number of hydrogen-bond donors (Lipinski definition) is 1. The third-order valence-electron chi connectivity index (χ3n) is 1.78. The third-order valence-corrected chi connectivity index (χ3v) is 1.78. The van der Waals surface area contributed by atoms with Crippen molar-refractivity contribution in [2.45, 2.75) is 6.92 Å². The summed E-state index contributed by atoms with van der Waals surface area (Å²) in [5.74, 6) is -0.0176. The predicted molar refractivity (Wildman–Crippen MR) is 52.9 cm³/mol. The average molecular weight is 211 g/mol. The van der Waals surface area contributed by atoms with E-state index in [4.69, 9.17) is 9.84 Å². The van der Waals surface area contributed by atoms with Crippen molar-refractivity contribution in [3.63, 3.8) is 0 Å². The predicted octanol–water partition coefficient (Wildman–Crippen LogP) is 0.548. The van der Waals surface area contributed by atoms with Crippen LogP contribution in [0.5, 0.6) is 5.88 Å². The first-order chi connectivity index (χ1) is 7.19. The van der Waals surface area contributed by atoms with Crippen LogP contribution in [0.1, 0.15) is 15.9 Å². The molecule has 0 atom stereocenters. The largest absolute Gasteiger partial charge is 0.475 e. The Morgan fingerprint density at radius 2 is 2.33 bits per heavy atom. The number of carbonyl (C=O) groups is 1. The molecule has 0 saturated heterocycles. The Kier molecular flexibility index (Phi) is 4.05. The van der Waals surface area contributed by atoms with E-state index in [2.05, 4.69) is 9.72 Å². The summed E-state index contributed by atoms with van der Waals surface area (Å²) in [5, 5.41) is 8.57. The SMILES string of the molecule is COC(=O)c1cnc(OCCO)c(C)c1.